The predicted molar refractivity (Wildman–Crippen MR) is 139 cm³/mol. The number of esters is 1. The number of rotatable bonds is 10. The molecule has 16 heteroatoms. The molecule has 43 heavy (non-hydrogen) atoms. The van der Waals surface area contributed by atoms with Crippen LogP contribution in [-0.4, -0.2) is 134 Å². The highest BCUT2D eigenvalue weighted by atomic mass is 16.7. The van der Waals surface area contributed by atoms with E-state index in [0.717, 1.165) is 13.2 Å². The van der Waals surface area contributed by atoms with Crippen molar-refractivity contribution in [3.8, 4) is 23.0 Å². The van der Waals surface area contributed by atoms with Crippen molar-refractivity contribution >= 4 is 5.97 Å². The van der Waals surface area contributed by atoms with Gasteiger partial charge in [-0.25, -0.2) is 4.79 Å². The number of phenols is 1. The maximum absolute atomic E-state index is 12.9. The zero-order valence-corrected chi connectivity index (χ0v) is 22.7. The number of benzene rings is 2. The number of para-hydroxylation sites is 1. The summed E-state index contributed by atoms with van der Waals surface area (Å²) in [6, 6.07) is 8.52. The van der Waals surface area contributed by atoms with Crippen molar-refractivity contribution < 1.29 is 79.2 Å². The molecule has 0 spiro atoms. The van der Waals surface area contributed by atoms with Gasteiger partial charge < -0.3 is 74.4 Å². The molecule has 9 N–H and O–H groups in total. The van der Waals surface area contributed by atoms with Crippen LogP contribution in [0.1, 0.15) is 15.9 Å². The molecule has 0 bridgehead atoms. The molecule has 2 aromatic rings. The fourth-order valence-corrected chi connectivity index (χ4v) is 4.55. The van der Waals surface area contributed by atoms with Crippen molar-refractivity contribution in [2.45, 2.75) is 68.0 Å². The molecular weight excluding hydrogens is 580 g/mol. The fraction of sp³-hybridized carbons (Fsp3) is 0.519. The van der Waals surface area contributed by atoms with Crippen LogP contribution in [0.25, 0.3) is 0 Å². The van der Waals surface area contributed by atoms with Crippen LogP contribution in [0.5, 0.6) is 23.0 Å². The summed E-state index contributed by atoms with van der Waals surface area (Å²) >= 11 is 0. The highest BCUT2D eigenvalue weighted by Gasteiger charge is 2.46. The summed E-state index contributed by atoms with van der Waals surface area (Å²) in [5, 5.41) is 90.0. The highest BCUT2D eigenvalue weighted by molar-refractivity contribution is 5.94. The number of aromatic hydroxyl groups is 1. The third-order valence-electron chi connectivity index (χ3n) is 7.03. The van der Waals surface area contributed by atoms with Crippen molar-refractivity contribution in [1.29, 1.82) is 0 Å². The lowest BCUT2D eigenvalue weighted by Gasteiger charge is -2.39. The Morgan fingerprint density at radius 2 is 1.28 bits per heavy atom. The first-order valence-corrected chi connectivity index (χ1v) is 13.1. The smallest absolute Gasteiger partial charge is 0.342 e. The number of phenolic OH excluding ortho intramolecular Hbond substituents is 1. The van der Waals surface area contributed by atoms with Crippen LogP contribution in [0, 0.1) is 0 Å². The molecule has 0 aliphatic carbocycles. The summed E-state index contributed by atoms with van der Waals surface area (Å²) in [5.41, 5.74) is -0.0489. The average Bonchev–Trinajstić information content (AvgIpc) is 3.01. The second-order valence-electron chi connectivity index (χ2n) is 9.81. The van der Waals surface area contributed by atoms with E-state index in [1.165, 1.54) is 18.2 Å². The molecule has 2 fully saturated rings. The maximum Gasteiger partial charge on any atom is 0.342 e. The Labute approximate surface area is 244 Å². The summed E-state index contributed by atoms with van der Waals surface area (Å²) in [6.45, 7) is -1.73. The number of carbonyl (C=O) groups is 1. The van der Waals surface area contributed by atoms with E-state index in [1.807, 2.05) is 0 Å². The van der Waals surface area contributed by atoms with E-state index in [2.05, 4.69) is 0 Å². The Morgan fingerprint density at radius 3 is 1.81 bits per heavy atom. The van der Waals surface area contributed by atoms with Crippen LogP contribution in [-0.2, 0) is 20.8 Å². The van der Waals surface area contributed by atoms with Crippen LogP contribution >= 0.6 is 0 Å². The first-order valence-electron chi connectivity index (χ1n) is 13.1. The third-order valence-corrected chi connectivity index (χ3v) is 7.03. The minimum absolute atomic E-state index is 0.0877. The third kappa shape index (κ3) is 6.78. The van der Waals surface area contributed by atoms with Gasteiger partial charge in [0, 0.05) is 5.56 Å². The van der Waals surface area contributed by atoms with Gasteiger partial charge in [-0.05, 0) is 18.2 Å². The summed E-state index contributed by atoms with van der Waals surface area (Å²) in [6.07, 6.45) is -15.5. The highest BCUT2D eigenvalue weighted by Crippen LogP contribution is 2.41. The molecule has 0 aromatic heterocycles. The summed E-state index contributed by atoms with van der Waals surface area (Å²) in [5.74, 6) is -2.17. The molecule has 2 aliphatic heterocycles. The molecule has 0 unspecified atom stereocenters. The Hall–Kier alpha value is -3.29. The van der Waals surface area contributed by atoms with Gasteiger partial charge in [0.2, 0.25) is 18.3 Å². The Bertz CT molecular complexity index is 1240. The Morgan fingerprint density at radius 1 is 0.744 bits per heavy atom. The monoisotopic (exact) mass is 614 g/mol. The number of hydrogen-bond acceptors (Lipinski definition) is 16. The van der Waals surface area contributed by atoms with Crippen molar-refractivity contribution in [3.63, 3.8) is 0 Å². The number of carbonyl (C=O) groups excluding carboxylic acids is 1. The SMILES string of the molecule is COc1c(O[C@@H]2O[C@@H](CO)[C@@H](O)[C@H](O)[C@@H]2O)ccc(C(=O)OCc2ccccc2O[C@@H]2O[C@H](CO)[C@@H](O)[C@@H](O)[C@H]2O)c1O. The first-order chi connectivity index (χ1) is 20.5. The zero-order chi connectivity index (χ0) is 31.4. The molecule has 0 radical (unpaired) electrons. The lowest BCUT2D eigenvalue weighted by molar-refractivity contribution is -0.277. The topological polar surface area (TPSA) is 255 Å². The number of aliphatic hydroxyl groups excluding tert-OH is 8. The van der Waals surface area contributed by atoms with E-state index in [0.29, 0.717) is 5.56 Å². The van der Waals surface area contributed by atoms with Gasteiger partial charge in [0.05, 0.1) is 20.3 Å². The van der Waals surface area contributed by atoms with Crippen LogP contribution < -0.4 is 14.2 Å². The number of methoxy groups -OCH3 is 1. The first kappa shape index (κ1) is 32.6. The maximum atomic E-state index is 12.9. The van der Waals surface area contributed by atoms with E-state index in [1.54, 1.807) is 12.1 Å². The molecular formula is C27H34O16. The van der Waals surface area contributed by atoms with Gasteiger partial charge in [0.25, 0.3) is 0 Å². The molecule has 2 saturated heterocycles. The van der Waals surface area contributed by atoms with Crippen molar-refractivity contribution in [2.75, 3.05) is 20.3 Å². The quantitative estimate of drug-likeness (QED) is 0.122. The number of aliphatic hydroxyl groups is 8. The molecule has 2 aliphatic rings. The van der Waals surface area contributed by atoms with Gasteiger partial charge in [-0.3, -0.25) is 0 Å². The van der Waals surface area contributed by atoms with Gasteiger partial charge in [0.1, 0.15) is 66.8 Å². The second kappa shape index (κ2) is 14.0. The minimum atomic E-state index is -1.74. The molecule has 238 valence electrons. The normalized spacial score (nSPS) is 32.6. The Balaban J connectivity index is 1.46. The zero-order valence-electron chi connectivity index (χ0n) is 22.7. The minimum Gasteiger partial charge on any atom is -0.504 e. The second-order valence-corrected chi connectivity index (χ2v) is 9.81. The predicted octanol–water partition coefficient (Wildman–Crippen LogP) is -2.88. The number of ether oxygens (including phenoxy) is 6. The average molecular weight is 615 g/mol. The van der Waals surface area contributed by atoms with Crippen molar-refractivity contribution in [2.24, 2.45) is 0 Å². The van der Waals surface area contributed by atoms with Crippen molar-refractivity contribution in [1.82, 2.24) is 0 Å². The molecule has 10 atom stereocenters. The molecule has 2 heterocycles. The Kier molecular flexibility index (Phi) is 10.6. The van der Waals surface area contributed by atoms with Crippen molar-refractivity contribution in [3.05, 3.63) is 47.5 Å². The lowest BCUT2D eigenvalue weighted by Crippen LogP contribution is -2.60. The van der Waals surface area contributed by atoms with E-state index >= 15 is 0 Å². The van der Waals surface area contributed by atoms with Gasteiger partial charge >= 0.3 is 5.97 Å². The van der Waals surface area contributed by atoms with Crippen LogP contribution in [0.4, 0.5) is 0 Å². The summed E-state index contributed by atoms with van der Waals surface area (Å²) in [4.78, 5) is 12.9. The molecule has 16 nitrogen and oxygen atoms in total. The van der Waals surface area contributed by atoms with Crippen LogP contribution in [0.2, 0.25) is 0 Å². The van der Waals surface area contributed by atoms with Gasteiger partial charge in [0.15, 0.2) is 11.5 Å². The van der Waals surface area contributed by atoms with Gasteiger partial charge in [-0.15, -0.1) is 0 Å². The summed E-state index contributed by atoms with van der Waals surface area (Å²) in [7, 11) is 1.16. The van der Waals surface area contributed by atoms with E-state index in [4.69, 9.17) is 28.4 Å². The molecule has 4 rings (SSSR count). The fourth-order valence-electron chi connectivity index (χ4n) is 4.55. The van der Waals surface area contributed by atoms with Gasteiger partial charge in [-0.2, -0.15) is 0 Å². The van der Waals surface area contributed by atoms with E-state index < -0.39 is 93.0 Å². The molecule has 0 saturated carbocycles. The van der Waals surface area contributed by atoms with E-state index in [-0.39, 0.29) is 22.8 Å². The molecule has 2 aromatic carbocycles. The number of hydrogen-bond donors (Lipinski definition) is 9. The van der Waals surface area contributed by atoms with Crippen LogP contribution in [0.15, 0.2) is 36.4 Å². The summed E-state index contributed by atoms with van der Waals surface area (Å²) < 4.78 is 32.3. The molecule has 0 amide bonds. The largest absolute Gasteiger partial charge is 0.504 e. The van der Waals surface area contributed by atoms with E-state index in [9.17, 15) is 50.8 Å². The lowest BCUT2D eigenvalue weighted by atomic mass is 9.99. The van der Waals surface area contributed by atoms with Crippen LogP contribution in [0.3, 0.4) is 0 Å². The standard InChI is InChI=1S/C27H34O16/c1-38-24-14(41-27-23(36)21(34)19(32)16(9-29)43-27)7-6-12(17(24)30)25(37)39-10-11-4-2-3-5-13(11)40-26-22(35)20(33)18(31)15(8-28)42-26/h2-7,15-16,18-23,26-36H,8-10H2,1H3/t15-,16+,18-,19-,20-,21+,22-,23+,26-,27-/m1/s1. The van der Waals surface area contributed by atoms with Gasteiger partial charge in [-0.1, -0.05) is 18.2 Å².